The maximum absolute atomic E-state index is 9.57. The summed E-state index contributed by atoms with van der Waals surface area (Å²) in [7, 11) is 0. The molecule has 0 atom stereocenters. The van der Waals surface area contributed by atoms with Crippen LogP contribution in [-0.2, 0) is 5.60 Å². The summed E-state index contributed by atoms with van der Waals surface area (Å²) in [5.41, 5.74) is 1.15. The highest BCUT2D eigenvalue weighted by Gasteiger charge is 2.15. The molecule has 0 amide bonds. The van der Waals surface area contributed by atoms with Crippen LogP contribution in [0, 0.1) is 6.92 Å². The molecule has 0 aromatic carbocycles. The van der Waals surface area contributed by atoms with Gasteiger partial charge in [0, 0.05) is 18.0 Å². The Morgan fingerprint density at radius 1 is 1.23 bits per heavy atom. The largest absolute Gasteiger partial charge is 0.386 e. The van der Waals surface area contributed by atoms with E-state index in [1.165, 1.54) is 0 Å². The maximum Gasteiger partial charge on any atom is 0.0855 e. The number of nitrogens with zero attached hydrogens (tertiary/aromatic N) is 1. The lowest BCUT2D eigenvalue weighted by Gasteiger charge is -2.17. The lowest BCUT2D eigenvalue weighted by Crippen LogP contribution is -2.15. The predicted molar refractivity (Wildman–Crippen MR) is 55.6 cm³/mol. The van der Waals surface area contributed by atoms with Gasteiger partial charge in [-0.3, -0.25) is 4.98 Å². The standard InChI is InChI=1S/C9H13NO.C2H6/c1-7-4-8(6-10-5-7)9(2,3)11;1-2/h4-6,11H,1-3H3;1-2H3. The van der Waals surface area contributed by atoms with Crippen LogP contribution < -0.4 is 0 Å². The number of aryl methyl sites for hydroxylation is 1. The van der Waals surface area contributed by atoms with Crippen molar-refractivity contribution in [2.45, 2.75) is 40.2 Å². The molecule has 0 aliphatic heterocycles. The quantitative estimate of drug-likeness (QED) is 0.722. The molecule has 1 N–H and O–H groups in total. The van der Waals surface area contributed by atoms with Crippen molar-refractivity contribution in [3.8, 4) is 0 Å². The summed E-state index contributed by atoms with van der Waals surface area (Å²) in [5.74, 6) is 0. The Morgan fingerprint density at radius 3 is 2.08 bits per heavy atom. The summed E-state index contributed by atoms with van der Waals surface area (Å²) in [5, 5.41) is 9.57. The molecule has 13 heavy (non-hydrogen) atoms. The first kappa shape index (κ1) is 12.1. The number of rotatable bonds is 1. The first-order valence-corrected chi connectivity index (χ1v) is 4.64. The van der Waals surface area contributed by atoms with E-state index in [9.17, 15) is 5.11 Å². The van der Waals surface area contributed by atoms with Gasteiger partial charge in [-0.25, -0.2) is 0 Å². The van der Waals surface area contributed by atoms with E-state index in [2.05, 4.69) is 4.98 Å². The summed E-state index contributed by atoms with van der Waals surface area (Å²) < 4.78 is 0. The van der Waals surface area contributed by atoms with Gasteiger partial charge in [-0.2, -0.15) is 0 Å². The van der Waals surface area contributed by atoms with Gasteiger partial charge < -0.3 is 5.11 Å². The summed E-state index contributed by atoms with van der Waals surface area (Å²) in [6, 6.07) is 1.94. The third-order valence-corrected chi connectivity index (χ3v) is 1.58. The van der Waals surface area contributed by atoms with E-state index in [-0.39, 0.29) is 0 Å². The van der Waals surface area contributed by atoms with Crippen molar-refractivity contribution in [2.24, 2.45) is 0 Å². The minimum Gasteiger partial charge on any atom is -0.386 e. The van der Waals surface area contributed by atoms with Gasteiger partial charge in [0.15, 0.2) is 0 Å². The molecule has 2 heteroatoms. The molecule has 1 aromatic heterocycles. The minimum atomic E-state index is -0.779. The Hall–Kier alpha value is -0.890. The van der Waals surface area contributed by atoms with Gasteiger partial charge in [0.25, 0.3) is 0 Å². The van der Waals surface area contributed by atoms with Gasteiger partial charge >= 0.3 is 0 Å². The van der Waals surface area contributed by atoms with Crippen LogP contribution in [-0.4, -0.2) is 10.1 Å². The number of hydrogen-bond acceptors (Lipinski definition) is 2. The molecule has 0 bridgehead atoms. The summed E-state index contributed by atoms with van der Waals surface area (Å²) in [6.45, 7) is 9.47. The second kappa shape index (κ2) is 4.97. The molecule has 1 heterocycles. The number of aromatic nitrogens is 1. The molecule has 0 spiro atoms. The molecule has 2 nitrogen and oxygen atoms in total. The summed E-state index contributed by atoms with van der Waals surface area (Å²) in [6.07, 6.45) is 3.46. The Kier molecular flexibility index (Phi) is 4.63. The number of pyridine rings is 1. The first-order valence-electron chi connectivity index (χ1n) is 4.64. The fraction of sp³-hybridized carbons (Fsp3) is 0.545. The van der Waals surface area contributed by atoms with Crippen molar-refractivity contribution < 1.29 is 5.11 Å². The van der Waals surface area contributed by atoms with Crippen LogP contribution in [0.25, 0.3) is 0 Å². The molecule has 0 aliphatic rings. The van der Waals surface area contributed by atoms with Crippen LogP contribution in [0.3, 0.4) is 0 Å². The SMILES string of the molecule is CC.Cc1cncc(C(C)(C)O)c1. The van der Waals surface area contributed by atoms with Crippen molar-refractivity contribution >= 4 is 0 Å². The van der Waals surface area contributed by atoms with Gasteiger partial charge in [0.05, 0.1) is 5.60 Å². The molecule has 0 saturated heterocycles. The van der Waals surface area contributed by atoms with E-state index in [1.807, 2.05) is 26.8 Å². The van der Waals surface area contributed by atoms with E-state index in [4.69, 9.17) is 0 Å². The molecule has 74 valence electrons. The molecule has 0 unspecified atom stereocenters. The zero-order chi connectivity index (χ0) is 10.5. The highest BCUT2D eigenvalue weighted by atomic mass is 16.3. The molecule has 0 radical (unpaired) electrons. The fourth-order valence-electron chi connectivity index (χ4n) is 0.890. The average molecular weight is 181 g/mol. The Morgan fingerprint density at radius 2 is 1.77 bits per heavy atom. The molecule has 1 aromatic rings. The first-order chi connectivity index (χ1) is 6.00. The van der Waals surface area contributed by atoms with Crippen molar-refractivity contribution in [3.05, 3.63) is 29.6 Å². The van der Waals surface area contributed by atoms with Crippen LogP contribution in [0.15, 0.2) is 18.5 Å². The van der Waals surface area contributed by atoms with Crippen molar-refractivity contribution in [1.82, 2.24) is 4.98 Å². The zero-order valence-electron chi connectivity index (χ0n) is 9.13. The summed E-state index contributed by atoms with van der Waals surface area (Å²) in [4.78, 5) is 3.99. The second-order valence-corrected chi connectivity index (χ2v) is 3.31. The minimum absolute atomic E-state index is 0.779. The Bertz CT molecular complexity index is 251. The van der Waals surface area contributed by atoms with E-state index < -0.39 is 5.60 Å². The average Bonchev–Trinajstić information content (AvgIpc) is 2.06. The predicted octanol–water partition coefficient (Wildman–Crippen LogP) is 2.64. The van der Waals surface area contributed by atoms with E-state index in [0.29, 0.717) is 0 Å². The molecular formula is C11H19NO. The molecule has 0 aliphatic carbocycles. The summed E-state index contributed by atoms with van der Waals surface area (Å²) >= 11 is 0. The van der Waals surface area contributed by atoms with Gasteiger partial charge in [-0.15, -0.1) is 0 Å². The van der Waals surface area contributed by atoms with Crippen molar-refractivity contribution in [1.29, 1.82) is 0 Å². The van der Waals surface area contributed by atoms with Crippen LogP contribution in [0.1, 0.15) is 38.8 Å². The van der Waals surface area contributed by atoms with E-state index in [1.54, 1.807) is 26.2 Å². The van der Waals surface area contributed by atoms with Crippen molar-refractivity contribution in [2.75, 3.05) is 0 Å². The number of aliphatic hydroxyl groups is 1. The topological polar surface area (TPSA) is 33.1 Å². The zero-order valence-corrected chi connectivity index (χ0v) is 9.13. The smallest absolute Gasteiger partial charge is 0.0855 e. The molecule has 1 rings (SSSR count). The molecule has 0 fully saturated rings. The third kappa shape index (κ3) is 4.04. The number of hydrogen-bond donors (Lipinski definition) is 1. The van der Waals surface area contributed by atoms with Crippen LogP contribution in [0.5, 0.6) is 0 Å². The van der Waals surface area contributed by atoms with Gasteiger partial charge in [0.2, 0.25) is 0 Å². The highest BCUT2D eigenvalue weighted by Crippen LogP contribution is 2.18. The third-order valence-electron chi connectivity index (χ3n) is 1.58. The fourth-order valence-corrected chi connectivity index (χ4v) is 0.890. The normalized spacial score (nSPS) is 10.3. The molecular weight excluding hydrogens is 162 g/mol. The van der Waals surface area contributed by atoms with E-state index in [0.717, 1.165) is 11.1 Å². The highest BCUT2D eigenvalue weighted by molar-refractivity contribution is 5.21. The van der Waals surface area contributed by atoms with Crippen LogP contribution in [0.2, 0.25) is 0 Å². The lowest BCUT2D eigenvalue weighted by molar-refractivity contribution is 0.0781. The molecule has 0 saturated carbocycles. The van der Waals surface area contributed by atoms with Crippen LogP contribution in [0.4, 0.5) is 0 Å². The van der Waals surface area contributed by atoms with Crippen molar-refractivity contribution in [3.63, 3.8) is 0 Å². The maximum atomic E-state index is 9.57. The Labute approximate surface area is 80.6 Å². The van der Waals surface area contributed by atoms with Gasteiger partial charge in [-0.1, -0.05) is 19.9 Å². The second-order valence-electron chi connectivity index (χ2n) is 3.31. The van der Waals surface area contributed by atoms with E-state index >= 15 is 0 Å². The monoisotopic (exact) mass is 181 g/mol. The van der Waals surface area contributed by atoms with Gasteiger partial charge in [0.1, 0.15) is 0 Å². The van der Waals surface area contributed by atoms with Crippen LogP contribution >= 0.6 is 0 Å². The lowest BCUT2D eigenvalue weighted by atomic mass is 10.00. The Balaban J connectivity index is 0.000000671. The van der Waals surface area contributed by atoms with Gasteiger partial charge in [-0.05, 0) is 26.3 Å².